The van der Waals surface area contributed by atoms with Gasteiger partial charge in [0.15, 0.2) is 0 Å². The predicted molar refractivity (Wildman–Crippen MR) is 63.3 cm³/mol. The van der Waals surface area contributed by atoms with Crippen molar-refractivity contribution in [2.45, 2.75) is 25.3 Å². The first-order valence-electron chi connectivity index (χ1n) is 5.28. The Labute approximate surface area is 106 Å². The molecule has 1 amide bonds. The minimum Gasteiger partial charge on any atom is -0.480 e. The maximum atomic E-state index is 11.5. The lowest BCUT2D eigenvalue weighted by Gasteiger charge is -2.13. The topological polar surface area (TPSA) is 136 Å². The van der Waals surface area contributed by atoms with Crippen molar-refractivity contribution in [3.05, 3.63) is 0 Å². The minimum atomic E-state index is -3.71. The monoisotopic (exact) mass is 282 g/mol. The number of hydrogen-bond donors (Lipinski definition) is 3. The van der Waals surface area contributed by atoms with Crippen LogP contribution in [0.4, 0.5) is 0 Å². The summed E-state index contributed by atoms with van der Waals surface area (Å²) in [4.78, 5) is 21.4. The molecule has 18 heavy (non-hydrogen) atoms. The fraction of sp³-hybridized carbons (Fsp3) is 0.778. The second kappa shape index (κ2) is 8.01. The second-order valence-corrected chi connectivity index (χ2v) is 5.55. The molecule has 0 aromatic heterocycles. The van der Waals surface area contributed by atoms with E-state index in [1.807, 2.05) is 4.72 Å². The number of aliphatic carboxylic acids is 1. The van der Waals surface area contributed by atoms with Gasteiger partial charge in [-0.2, -0.15) is 0 Å². The number of nitrogens with one attached hydrogen (secondary N) is 1. The van der Waals surface area contributed by atoms with Crippen molar-refractivity contribution < 1.29 is 27.9 Å². The number of sulfonamides is 1. The summed E-state index contributed by atoms with van der Waals surface area (Å²) in [5.41, 5.74) is 4.88. The Hall–Kier alpha value is -1.19. The Balaban J connectivity index is 4.38. The van der Waals surface area contributed by atoms with Crippen LogP contribution in [0.2, 0.25) is 0 Å². The minimum absolute atomic E-state index is 0.172. The molecular formula is C9H18N2O6S. The molecular weight excluding hydrogens is 264 g/mol. The van der Waals surface area contributed by atoms with Gasteiger partial charge in [-0.1, -0.05) is 0 Å². The molecule has 0 aliphatic carbocycles. The molecule has 0 heterocycles. The lowest BCUT2D eigenvalue weighted by atomic mass is 10.2. The third-order valence-electron chi connectivity index (χ3n) is 2.06. The van der Waals surface area contributed by atoms with Gasteiger partial charge >= 0.3 is 5.97 Å². The van der Waals surface area contributed by atoms with E-state index in [9.17, 15) is 18.0 Å². The van der Waals surface area contributed by atoms with Crippen LogP contribution in [-0.2, 0) is 24.3 Å². The van der Waals surface area contributed by atoms with Crippen LogP contribution in [0.5, 0.6) is 0 Å². The molecule has 0 radical (unpaired) electrons. The average molecular weight is 282 g/mol. The summed E-state index contributed by atoms with van der Waals surface area (Å²) in [6.07, 6.45) is -0.111. The predicted octanol–water partition coefficient (Wildman–Crippen LogP) is -1.34. The van der Waals surface area contributed by atoms with Crippen LogP contribution < -0.4 is 10.5 Å². The Bertz CT molecular complexity index is 381. The van der Waals surface area contributed by atoms with E-state index in [0.717, 1.165) is 0 Å². The molecule has 1 atom stereocenters. The van der Waals surface area contributed by atoms with Gasteiger partial charge in [-0.15, -0.1) is 0 Å². The fourth-order valence-corrected chi connectivity index (χ4v) is 2.46. The highest BCUT2D eigenvalue weighted by Gasteiger charge is 2.23. The normalized spacial score (nSPS) is 13.2. The first-order chi connectivity index (χ1) is 8.28. The molecule has 0 saturated carbocycles. The standard InChI is InChI=1S/C9H18N2O6S/c1-17-5-2-6-18(15,16)11-7(9(13)14)3-4-8(10)12/h7,11H,2-6H2,1H3,(H2,10,12)(H,13,14). The summed E-state index contributed by atoms with van der Waals surface area (Å²) in [5, 5.41) is 8.82. The zero-order valence-corrected chi connectivity index (χ0v) is 10.9. The first-order valence-corrected chi connectivity index (χ1v) is 6.94. The van der Waals surface area contributed by atoms with Crippen LogP contribution >= 0.6 is 0 Å². The molecule has 8 nitrogen and oxygen atoms in total. The molecule has 0 spiro atoms. The molecule has 4 N–H and O–H groups in total. The van der Waals surface area contributed by atoms with Gasteiger partial charge in [0.2, 0.25) is 15.9 Å². The molecule has 0 aromatic carbocycles. The SMILES string of the molecule is COCCCS(=O)(=O)NC(CCC(N)=O)C(=O)O. The third-order valence-corrected chi connectivity index (χ3v) is 3.53. The van der Waals surface area contributed by atoms with Crippen molar-refractivity contribution in [1.82, 2.24) is 4.72 Å². The molecule has 0 bridgehead atoms. The number of carbonyl (C=O) groups is 2. The molecule has 0 rings (SSSR count). The lowest BCUT2D eigenvalue weighted by Crippen LogP contribution is -2.42. The third kappa shape index (κ3) is 7.98. The van der Waals surface area contributed by atoms with Crippen LogP contribution in [-0.4, -0.2) is 50.9 Å². The fourth-order valence-electron chi connectivity index (χ4n) is 1.19. The summed E-state index contributed by atoms with van der Waals surface area (Å²) in [6.45, 7) is 0.264. The number of carbonyl (C=O) groups excluding carboxylic acids is 1. The summed E-state index contributed by atoms with van der Waals surface area (Å²) in [5.74, 6) is -2.26. The van der Waals surface area contributed by atoms with E-state index in [1.165, 1.54) is 7.11 Å². The Morgan fingerprint density at radius 1 is 1.44 bits per heavy atom. The van der Waals surface area contributed by atoms with Gasteiger partial charge in [0.05, 0.1) is 5.75 Å². The van der Waals surface area contributed by atoms with Crippen LogP contribution in [0.15, 0.2) is 0 Å². The van der Waals surface area contributed by atoms with Crippen molar-refractivity contribution in [3.8, 4) is 0 Å². The summed E-state index contributed by atoms with van der Waals surface area (Å²) in [7, 11) is -2.27. The highest BCUT2D eigenvalue weighted by molar-refractivity contribution is 7.89. The van der Waals surface area contributed by atoms with Crippen molar-refractivity contribution in [3.63, 3.8) is 0 Å². The Morgan fingerprint density at radius 2 is 2.06 bits per heavy atom. The van der Waals surface area contributed by atoms with E-state index in [2.05, 4.69) is 0 Å². The number of amides is 1. The summed E-state index contributed by atoms with van der Waals surface area (Å²) >= 11 is 0. The largest absolute Gasteiger partial charge is 0.480 e. The van der Waals surface area contributed by atoms with Crippen LogP contribution in [0, 0.1) is 0 Å². The van der Waals surface area contributed by atoms with Gasteiger partial charge < -0.3 is 15.6 Å². The summed E-state index contributed by atoms with van der Waals surface area (Å²) < 4.78 is 29.8. The highest BCUT2D eigenvalue weighted by Crippen LogP contribution is 2.01. The van der Waals surface area contributed by atoms with Crippen LogP contribution in [0.25, 0.3) is 0 Å². The molecule has 0 aliphatic rings. The second-order valence-electron chi connectivity index (χ2n) is 3.68. The number of hydrogen-bond acceptors (Lipinski definition) is 5. The summed E-state index contributed by atoms with van der Waals surface area (Å²) in [6, 6.07) is -1.34. The number of methoxy groups -OCH3 is 1. The maximum absolute atomic E-state index is 11.5. The van der Waals surface area contributed by atoms with E-state index in [-0.39, 0.29) is 31.6 Å². The quantitative estimate of drug-likeness (QED) is 0.424. The van der Waals surface area contributed by atoms with Crippen LogP contribution in [0.3, 0.4) is 0 Å². The molecule has 0 fully saturated rings. The van der Waals surface area contributed by atoms with E-state index in [1.54, 1.807) is 0 Å². The molecule has 0 aliphatic heterocycles. The molecule has 0 saturated heterocycles. The smallest absolute Gasteiger partial charge is 0.321 e. The number of ether oxygens (including phenoxy) is 1. The van der Waals surface area contributed by atoms with Gasteiger partial charge in [0.25, 0.3) is 0 Å². The van der Waals surface area contributed by atoms with Gasteiger partial charge in [-0.05, 0) is 12.8 Å². The molecule has 0 aromatic rings. The van der Waals surface area contributed by atoms with Crippen molar-refractivity contribution in [2.24, 2.45) is 5.73 Å². The maximum Gasteiger partial charge on any atom is 0.321 e. The van der Waals surface area contributed by atoms with Gasteiger partial charge in [0, 0.05) is 20.1 Å². The number of carboxylic acid groups (broad SMARTS) is 1. The molecule has 1 unspecified atom stereocenters. The number of nitrogens with two attached hydrogens (primary N) is 1. The lowest BCUT2D eigenvalue weighted by molar-refractivity contribution is -0.139. The average Bonchev–Trinajstić information content (AvgIpc) is 2.23. The van der Waals surface area contributed by atoms with Crippen molar-refractivity contribution >= 4 is 21.9 Å². The highest BCUT2D eigenvalue weighted by atomic mass is 32.2. The van der Waals surface area contributed by atoms with E-state index in [0.29, 0.717) is 0 Å². The number of primary amides is 1. The van der Waals surface area contributed by atoms with Gasteiger partial charge in [-0.25, -0.2) is 13.1 Å². The van der Waals surface area contributed by atoms with E-state index < -0.39 is 27.9 Å². The van der Waals surface area contributed by atoms with Gasteiger partial charge in [-0.3, -0.25) is 9.59 Å². The van der Waals surface area contributed by atoms with Crippen LogP contribution in [0.1, 0.15) is 19.3 Å². The molecule has 9 heteroatoms. The first kappa shape index (κ1) is 16.8. The van der Waals surface area contributed by atoms with E-state index >= 15 is 0 Å². The van der Waals surface area contributed by atoms with Gasteiger partial charge in [0.1, 0.15) is 6.04 Å². The van der Waals surface area contributed by atoms with Crippen molar-refractivity contribution in [2.75, 3.05) is 19.5 Å². The van der Waals surface area contributed by atoms with Crippen molar-refractivity contribution in [1.29, 1.82) is 0 Å². The number of rotatable bonds is 10. The Morgan fingerprint density at radius 3 is 2.50 bits per heavy atom. The number of carboxylic acids is 1. The van der Waals surface area contributed by atoms with E-state index in [4.69, 9.17) is 15.6 Å². The molecule has 106 valence electrons. The zero-order valence-electron chi connectivity index (χ0n) is 10.1. The zero-order chi connectivity index (χ0) is 14.2. The Kier molecular flexibility index (Phi) is 7.48.